The van der Waals surface area contributed by atoms with Crippen LogP contribution in [0.1, 0.15) is 0 Å². The molecule has 0 spiro atoms. The van der Waals surface area contributed by atoms with Crippen LogP contribution < -0.4 is 21.7 Å². The van der Waals surface area contributed by atoms with E-state index in [1.54, 1.807) is 0 Å². The number of hydrogen-bond donors (Lipinski definition) is 3. The SMILES string of the molecule is NNC(=O)N(Nc1ccccc1)c1ccccc1. The number of benzene rings is 2. The molecule has 2 rings (SSSR count). The molecule has 0 aliphatic carbocycles. The van der Waals surface area contributed by atoms with Crippen LogP contribution in [0.25, 0.3) is 0 Å². The minimum atomic E-state index is -0.440. The summed E-state index contributed by atoms with van der Waals surface area (Å²) in [5, 5.41) is 1.34. The highest BCUT2D eigenvalue weighted by molar-refractivity contribution is 5.93. The molecule has 4 N–H and O–H groups in total. The number of para-hydroxylation sites is 2. The lowest BCUT2D eigenvalue weighted by molar-refractivity contribution is 0.247. The van der Waals surface area contributed by atoms with E-state index in [-0.39, 0.29) is 0 Å². The van der Waals surface area contributed by atoms with Crippen LogP contribution in [-0.4, -0.2) is 6.03 Å². The number of nitrogens with one attached hydrogen (secondary N) is 2. The highest BCUT2D eigenvalue weighted by Gasteiger charge is 2.13. The van der Waals surface area contributed by atoms with Crippen molar-refractivity contribution in [2.24, 2.45) is 5.84 Å². The lowest BCUT2D eigenvalue weighted by atomic mass is 10.3. The second-order valence-electron chi connectivity index (χ2n) is 3.60. The van der Waals surface area contributed by atoms with Crippen LogP contribution in [0.15, 0.2) is 60.7 Å². The molecule has 5 nitrogen and oxygen atoms in total. The van der Waals surface area contributed by atoms with Crippen molar-refractivity contribution in [2.45, 2.75) is 0 Å². The lowest BCUT2D eigenvalue weighted by Gasteiger charge is -2.23. The van der Waals surface area contributed by atoms with E-state index in [0.717, 1.165) is 5.69 Å². The number of nitrogens with two attached hydrogens (primary N) is 1. The Morgan fingerprint density at radius 1 is 0.944 bits per heavy atom. The Morgan fingerprint density at radius 2 is 1.50 bits per heavy atom. The number of hydrogen-bond acceptors (Lipinski definition) is 3. The second kappa shape index (κ2) is 5.70. The summed E-state index contributed by atoms with van der Waals surface area (Å²) in [6.45, 7) is 0. The van der Waals surface area contributed by atoms with Gasteiger partial charge >= 0.3 is 6.03 Å². The molecule has 0 saturated heterocycles. The number of anilines is 2. The average Bonchev–Trinajstić information content (AvgIpc) is 2.46. The molecule has 5 heteroatoms. The number of urea groups is 1. The average molecular weight is 242 g/mol. The number of nitrogens with zero attached hydrogens (tertiary/aromatic N) is 1. The first-order valence-electron chi connectivity index (χ1n) is 5.48. The van der Waals surface area contributed by atoms with Crippen molar-refractivity contribution in [2.75, 3.05) is 10.4 Å². The third kappa shape index (κ3) is 2.78. The van der Waals surface area contributed by atoms with E-state index >= 15 is 0 Å². The Bertz CT molecular complexity index is 501. The highest BCUT2D eigenvalue weighted by atomic mass is 16.2. The van der Waals surface area contributed by atoms with Crippen molar-refractivity contribution in [1.82, 2.24) is 5.43 Å². The van der Waals surface area contributed by atoms with E-state index in [0.29, 0.717) is 5.69 Å². The molecule has 92 valence electrons. The lowest BCUT2D eigenvalue weighted by Crippen LogP contribution is -2.46. The molecule has 0 aliphatic heterocycles. The molecule has 0 unspecified atom stereocenters. The molecule has 18 heavy (non-hydrogen) atoms. The summed E-state index contributed by atoms with van der Waals surface area (Å²) in [4.78, 5) is 11.7. The predicted molar refractivity (Wildman–Crippen MR) is 71.7 cm³/mol. The molecular weight excluding hydrogens is 228 g/mol. The van der Waals surface area contributed by atoms with Crippen LogP contribution in [0.4, 0.5) is 16.2 Å². The summed E-state index contributed by atoms with van der Waals surface area (Å²) >= 11 is 0. The van der Waals surface area contributed by atoms with Gasteiger partial charge in [0.25, 0.3) is 0 Å². The molecule has 2 aromatic rings. The van der Waals surface area contributed by atoms with Gasteiger partial charge in [-0.1, -0.05) is 36.4 Å². The van der Waals surface area contributed by atoms with Gasteiger partial charge in [0.1, 0.15) is 0 Å². The van der Waals surface area contributed by atoms with Crippen LogP contribution in [-0.2, 0) is 0 Å². The smallest absolute Gasteiger partial charge is 0.290 e. The second-order valence-corrected chi connectivity index (χ2v) is 3.60. The van der Waals surface area contributed by atoms with Crippen molar-refractivity contribution in [3.63, 3.8) is 0 Å². The molecule has 0 aromatic heterocycles. The Labute approximate surface area is 105 Å². The molecule has 0 atom stereocenters. The van der Waals surface area contributed by atoms with E-state index < -0.39 is 6.03 Å². The quantitative estimate of drug-likeness (QED) is 0.438. The molecule has 0 aliphatic rings. The summed E-state index contributed by atoms with van der Waals surface area (Å²) in [6, 6.07) is 18.1. The normalized spacial score (nSPS) is 9.61. The van der Waals surface area contributed by atoms with E-state index in [9.17, 15) is 4.79 Å². The van der Waals surface area contributed by atoms with Gasteiger partial charge in [0, 0.05) is 0 Å². The van der Waals surface area contributed by atoms with Gasteiger partial charge in [-0.05, 0) is 24.3 Å². The summed E-state index contributed by atoms with van der Waals surface area (Å²) in [5.41, 5.74) is 6.59. The maximum Gasteiger partial charge on any atom is 0.354 e. The first kappa shape index (κ1) is 11.9. The molecular formula is C13H14N4O. The Hall–Kier alpha value is -2.53. The van der Waals surface area contributed by atoms with Crippen LogP contribution in [0.2, 0.25) is 0 Å². The van der Waals surface area contributed by atoms with Crippen LogP contribution >= 0.6 is 0 Å². The van der Waals surface area contributed by atoms with Gasteiger partial charge in [-0.25, -0.2) is 15.6 Å². The molecule has 0 heterocycles. The number of carbonyl (C=O) groups is 1. The van der Waals surface area contributed by atoms with Gasteiger partial charge in [-0.2, -0.15) is 0 Å². The van der Waals surface area contributed by atoms with E-state index in [4.69, 9.17) is 5.84 Å². The number of amides is 2. The third-order valence-corrected chi connectivity index (χ3v) is 2.36. The zero-order valence-electron chi connectivity index (χ0n) is 9.71. The van der Waals surface area contributed by atoms with E-state index in [1.165, 1.54) is 5.01 Å². The monoisotopic (exact) mass is 242 g/mol. The Kier molecular flexibility index (Phi) is 3.78. The van der Waals surface area contributed by atoms with Crippen LogP contribution in [0, 0.1) is 0 Å². The van der Waals surface area contributed by atoms with Gasteiger partial charge < -0.3 is 0 Å². The molecule has 0 fully saturated rings. The predicted octanol–water partition coefficient (Wildman–Crippen LogP) is 2.10. The summed E-state index contributed by atoms with van der Waals surface area (Å²) in [6.07, 6.45) is 0. The molecule has 2 aromatic carbocycles. The van der Waals surface area contributed by atoms with Gasteiger partial charge in [-0.15, -0.1) is 0 Å². The molecule has 0 radical (unpaired) electrons. The maximum absolute atomic E-state index is 11.7. The maximum atomic E-state index is 11.7. The largest absolute Gasteiger partial charge is 0.354 e. The van der Waals surface area contributed by atoms with Gasteiger partial charge in [0.15, 0.2) is 0 Å². The van der Waals surface area contributed by atoms with Crippen molar-refractivity contribution in [3.8, 4) is 0 Å². The van der Waals surface area contributed by atoms with E-state index in [1.807, 2.05) is 60.7 Å². The fourth-order valence-corrected chi connectivity index (χ4v) is 1.52. The van der Waals surface area contributed by atoms with Gasteiger partial charge in [-0.3, -0.25) is 10.9 Å². The minimum absolute atomic E-state index is 0.440. The Morgan fingerprint density at radius 3 is 2.06 bits per heavy atom. The van der Waals surface area contributed by atoms with Crippen molar-refractivity contribution in [3.05, 3.63) is 60.7 Å². The van der Waals surface area contributed by atoms with Crippen LogP contribution in [0.3, 0.4) is 0 Å². The fourth-order valence-electron chi connectivity index (χ4n) is 1.52. The zero-order valence-corrected chi connectivity index (χ0v) is 9.71. The van der Waals surface area contributed by atoms with Crippen molar-refractivity contribution < 1.29 is 4.79 Å². The molecule has 2 amide bonds. The Balaban J connectivity index is 2.24. The zero-order chi connectivity index (χ0) is 12.8. The first-order valence-corrected chi connectivity index (χ1v) is 5.48. The van der Waals surface area contributed by atoms with Crippen LogP contribution in [0.5, 0.6) is 0 Å². The van der Waals surface area contributed by atoms with Gasteiger partial charge in [0.2, 0.25) is 0 Å². The fraction of sp³-hybridized carbons (Fsp3) is 0. The number of hydrazine groups is 2. The topological polar surface area (TPSA) is 70.4 Å². The third-order valence-electron chi connectivity index (χ3n) is 2.36. The van der Waals surface area contributed by atoms with Crippen molar-refractivity contribution >= 4 is 17.4 Å². The minimum Gasteiger partial charge on any atom is -0.290 e. The van der Waals surface area contributed by atoms with E-state index in [2.05, 4.69) is 10.9 Å². The highest BCUT2D eigenvalue weighted by Crippen LogP contribution is 2.15. The summed E-state index contributed by atoms with van der Waals surface area (Å²) in [7, 11) is 0. The molecule has 0 bridgehead atoms. The van der Waals surface area contributed by atoms with Gasteiger partial charge in [0.05, 0.1) is 11.4 Å². The first-order chi connectivity index (χ1) is 8.81. The summed E-state index contributed by atoms with van der Waals surface area (Å²) in [5.74, 6) is 5.18. The van der Waals surface area contributed by atoms with Crippen molar-refractivity contribution in [1.29, 1.82) is 0 Å². The molecule has 0 saturated carbocycles. The standard InChI is InChI=1S/C13H14N4O/c14-15-13(18)17(12-9-5-2-6-10-12)16-11-7-3-1-4-8-11/h1-10,16H,14H2,(H,15,18). The number of carbonyl (C=O) groups excluding carboxylic acids is 1. The summed E-state index contributed by atoms with van der Waals surface area (Å²) < 4.78 is 0. The number of rotatable bonds is 3.